The van der Waals surface area contributed by atoms with Crippen LogP contribution in [0.25, 0.3) is 11.2 Å². The molecule has 0 spiro atoms. The normalized spacial score (nSPS) is 14.4. The van der Waals surface area contributed by atoms with Crippen molar-refractivity contribution >= 4 is 45.0 Å². The Balaban J connectivity index is 0.000000623. The first-order chi connectivity index (χ1) is 17.4. The second kappa shape index (κ2) is 16.6. The van der Waals surface area contributed by atoms with Crippen LogP contribution in [0, 0.1) is 0 Å². The first-order valence-electron chi connectivity index (χ1n) is 12.5. The summed E-state index contributed by atoms with van der Waals surface area (Å²) >= 11 is 3.62. The monoisotopic (exact) mass is 558 g/mol. The molecule has 0 atom stereocenters. The van der Waals surface area contributed by atoms with Crippen LogP contribution < -0.4 is 21.7 Å². The number of aromatic nitrogens is 3. The van der Waals surface area contributed by atoms with Gasteiger partial charge in [0.2, 0.25) is 0 Å². The van der Waals surface area contributed by atoms with Crippen LogP contribution in [0.1, 0.15) is 59.4 Å². The van der Waals surface area contributed by atoms with E-state index in [9.17, 15) is 0 Å². The molecule has 0 aromatic carbocycles. The SMILES string of the molecule is C=CC/C=C(\C)c1cnn2c(N)c(Br)c(N3CCC(N)=C(NC)CC3)nc12.CC.CC=NC/C=C\C. The first-order valence-corrected chi connectivity index (χ1v) is 13.2. The molecule has 2 aromatic rings. The number of hydrogen-bond acceptors (Lipinski definition) is 7. The molecule has 1 aliphatic heterocycles. The third-order valence-corrected chi connectivity index (χ3v) is 6.28. The Labute approximate surface area is 225 Å². The van der Waals surface area contributed by atoms with Gasteiger partial charge >= 0.3 is 0 Å². The van der Waals surface area contributed by atoms with Gasteiger partial charge in [0.05, 0.1) is 12.7 Å². The molecular formula is C27H43BrN8. The molecule has 0 radical (unpaired) electrons. The highest BCUT2D eigenvalue weighted by molar-refractivity contribution is 9.10. The van der Waals surface area contributed by atoms with Gasteiger partial charge in [-0.15, -0.1) is 6.58 Å². The molecule has 0 fully saturated rings. The number of halogens is 1. The van der Waals surface area contributed by atoms with Gasteiger partial charge in [0.15, 0.2) is 5.65 Å². The second-order valence-electron chi connectivity index (χ2n) is 7.77. The molecule has 0 saturated carbocycles. The minimum Gasteiger partial charge on any atom is -0.401 e. The molecule has 198 valence electrons. The van der Waals surface area contributed by atoms with E-state index >= 15 is 0 Å². The predicted octanol–water partition coefficient (Wildman–Crippen LogP) is 5.72. The molecule has 2 aromatic heterocycles. The molecule has 0 unspecified atom stereocenters. The summed E-state index contributed by atoms with van der Waals surface area (Å²) in [4.78, 5) is 11.1. The first kappa shape index (κ1) is 31.0. The highest BCUT2D eigenvalue weighted by Gasteiger charge is 2.22. The van der Waals surface area contributed by atoms with Gasteiger partial charge in [0.25, 0.3) is 0 Å². The smallest absolute Gasteiger partial charge is 0.167 e. The van der Waals surface area contributed by atoms with Gasteiger partial charge in [0, 0.05) is 49.9 Å². The van der Waals surface area contributed by atoms with E-state index in [1.54, 1.807) is 10.7 Å². The van der Waals surface area contributed by atoms with Crippen molar-refractivity contribution in [1.82, 2.24) is 19.9 Å². The highest BCUT2D eigenvalue weighted by Crippen LogP contribution is 2.34. The van der Waals surface area contributed by atoms with Crippen molar-refractivity contribution in [2.75, 3.05) is 37.3 Å². The minimum atomic E-state index is 0.539. The lowest BCUT2D eigenvalue weighted by atomic mass is 10.1. The summed E-state index contributed by atoms with van der Waals surface area (Å²) in [6, 6.07) is 0. The van der Waals surface area contributed by atoms with Gasteiger partial charge in [-0.25, -0.2) is 4.98 Å². The van der Waals surface area contributed by atoms with E-state index in [1.165, 1.54) is 0 Å². The van der Waals surface area contributed by atoms with E-state index in [4.69, 9.17) is 16.5 Å². The number of nitrogen functional groups attached to an aromatic ring is 1. The Morgan fingerprint density at radius 3 is 2.56 bits per heavy atom. The van der Waals surface area contributed by atoms with E-state index in [0.29, 0.717) is 5.82 Å². The molecule has 5 N–H and O–H groups in total. The van der Waals surface area contributed by atoms with Crippen molar-refractivity contribution < 1.29 is 0 Å². The van der Waals surface area contributed by atoms with Gasteiger partial charge in [0.1, 0.15) is 16.1 Å². The van der Waals surface area contributed by atoms with E-state index in [1.807, 2.05) is 59.2 Å². The molecule has 1 aliphatic rings. The number of nitrogens with zero attached hydrogens (tertiary/aromatic N) is 5. The number of allylic oxidation sites excluding steroid dienone is 4. The largest absolute Gasteiger partial charge is 0.401 e. The summed E-state index contributed by atoms with van der Waals surface area (Å²) in [6.45, 7) is 16.2. The van der Waals surface area contributed by atoms with E-state index in [2.05, 4.69) is 55.8 Å². The maximum atomic E-state index is 6.36. The highest BCUT2D eigenvalue weighted by atomic mass is 79.9. The minimum absolute atomic E-state index is 0.539. The number of nitrogens with one attached hydrogen (secondary N) is 1. The molecule has 9 heteroatoms. The summed E-state index contributed by atoms with van der Waals surface area (Å²) in [5.74, 6) is 1.36. The van der Waals surface area contributed by atoms with Crippen LogP contribution in [0.2, 0.25) is 0 Å². The van der Waals surface area contributed by atoms with Gasteiger partial charge < -0.3 is 21.7 Å². The zero-order valence-corrected chi connectivity index (χ0v) is 24.3. The summed E-state index contributed by atoms with van der Waals surface area (Å²) < 4.78 is 2.43. The molecule has 0 saturated heterocycles. The summed E-state index contributed by atoms with van der Waals surface area (Å²) in [7, 11) is 1.91. The van der Waals surface area contributed by atoms with Crippen molar-refractivity contribution in [3.05, 3.63) is 58.5 Å². The molecule has 3 heterocycles. The van der Waals surface area contributed by atoms with Crippen molar-refractivity contribution in [1.29, 1.82) is 0 Å². The Kier molecular flexibility index (Phi) is 14.3. The zero-order valence-electron chi connectivity index (χ0n) is 22.7. The van der Waals surface area contributed by atoms with Crippen LogP contribution in [0.5, 0.6) is 0 Å². The Morgan fingerprint density at radius 1 is 1.25 bits per heavy atom. The van der Waals surface area contributed by atoms with Crippen LogP contribution in [-0.2, 0) is 0 Å². The number of nitrogens with two attached hydrogens (primary N) is 2. The van der Waals surface area contributed by atoms with Crippen molar-refractivity contribution in [3.63, 3.8) is 0 Å². The van der Waals surface area contributed by atoms with Crippen molar-refractivity contribution in [2.45, 2.75) is 53.9 Å². The Hall–Kier alpha value is -3.07. The van der Waals surface area contributed by atoms with Crippen LogP contribution in [0.4, 0.5) is 11.6 Å². The molecule has 8 nitrogen and oxygen atoms in total. The fourth-order valence-corrected chi connectivity index (χ4v) is 4.04. The molecule has 0 amide bonds. The van der Waals surface area contributed by atoms with E-state index < -0.39 is 0 Å². The van der Waals surface area contributed by atoms with Crippen molar-refractivity contribution in [3.8, 4) is 0 Å². The van der Waals surface area contributed by atoms with Crippen LogP contribution in [0.15, 0.2) is 57.9 Å². The predicted molar refractivity (Wildman–Crippen MR) is 160 cm³/mol. The van der Waals surface area contributed by atoms with Gasteiger partial charge in [-0.2, -0.15) is 9.61 Å². The number of anilines is 2. The average Bonchev–Trinajstić information content (AvgIpc) is 3.24. The lowest BCUT2D eigenvalue weighted by Crippen LogP contribution is -2.27. The van der Waals surface area contributed by atoms with Crippen LogP contribution in [-0.4, -0.2) is 47.5 Å². The number of rotatable bonds is 7. The molecule has 0 bridgehead atoms. The number of hydrogen-bond donors (Lipinski definition) is 3. The summed E-state index contributed by atoms with van der Waals surface area (Å²) in [5.41, 5.74) is 17.4. The third-order valence-electron chi connectivity index (χ3n) is 5.52. The van der Waals surface area contributed by atoms with Gasteiger partial charge in [-0.1, -0.05) is 38.2 Å². The van der Waals surface area contributed by atoms with E-state index in [0.717, 1.165) is 77.4 Å². The van der Waals surface area contributed by atoms with Gasteiger partial charge in [-0.05, 0) is 54.9 Å². The lowest BCUT2D eigenvalue weighted by molar-refractivity contribution is 0.766. The number of fused-ring (bicyclic) bond motifs is 1. The zero-order chi connectivity index (χ0) is 27.1. The van der Waals surface area contributed by atoms with Crippen LogP contribution in [0.3, 0.4) is 0 Å². The summed E-state index contributed by atoms with van der Waals surface area (Å²) in [5, 5.41) is 7.63. The number of aliphatic imine (C=N–C) groups is 1. The standard InChI is InChI=1S/C19H26BrN7.C6H11N.C2H6/c1-4-5-6-12(2)13-11-24-27-17(22)16(20)19(25-18(13)27)26-9-7-14(21)15(23-3)8-10-26;1-3-5-6-7-4-2;1-2/h4,6,11,23H,1,5,7-10,21-22H2,2-3H3;3-5H,6H2,1-2H3;1-2H3/b12-6+;5-3-,7-4?;. The maximum Gasteiger partial charge on any atom is 0.167 e. The van der Waals surface area contributed by atoms with E-state index in [-0.39, 0.29) is 0 Å². The lowest BCUT2D eigenvalue weighted by Gasteiger charge is -2.24. The summed E-state index contributed by atoms with van der Waals surface area (Å²) in [6.07, 6.45) is 14.0. The topological polar surface area (TPSA) is 110 Å². The average molecular weight is 560 g/mol. The molecule has 0 aliphatic carbocycles. The van der Waals surface area contributed by atoms with Gasteiger partial charge in [-0.3, -0.25) is 4.99 Å². The third kappa shape index (κ3) is 8.26. The molecule has 36 heavy (non-hydrogen) atoms. The van der Waals surface area contributed by atoms with Crippen molar-refractivity contribution in [2.24, 2.45) is 10.7 Å². The second-order valence-corrected chi connectivity index (χ2v) is 8.57. The fourth-order valence-electron chi connectivity index (χ4n) is 3.54. The Morgan fingerprint density at radius 2 is 1.94 bits per heavy atom. The molecule has 3 rings (SSSR count). The quantitative estimate of drug-likeness (QED) is 0.296. The van der Waals surface area contributed by atoms with Crippen LogP contribution >= 0.6 is 15.9 Å². The maximum absolute atomic E-state index is 6.36. The Bertz CT molecular complexity index is 1080. The molecular weight excluding hydrogens is 516 g/mol. The fraction of sp³-hybridized carbons (Fsp3) is 0.444.